The fourth-order valence-corrected chi connectivity index (χ4v) is 3.39. The number of nitrogens with zero attached hydrogens (tertiary/aromatic N) is 3. The number of thiophene rings is 1. The maximum atomic E-state index is 13.2. The number of alkyl halides is 2. The first-order chi connectivity index (χ1) is 12.9. The van der Waals surface area contributed by atoms with Gasteiger partial charge in [0.1, 0.15) is 0 Å². The van der Waals surface area contributed by atoms with Crippen LogP contribution in [0, 0.1) is 5.92 Å². The predicted molar refractivity (Wildman–Crippen MR) is 96.4 cm³/mol. The summed E-state index contributed by atoms with van der Waals surface area (Å²) in [5.41, 5.74) is 0. The van der Waals surface area contributed by atoms with Gasteiger partial charge >= 0.3 is 6.09 Å². The molecule has 1 N–H and O–H groups in total. The highest BCUT2D eigenvalue weighted by molar-refractivity contribution is 7.20. The summed E-state index contributed by atoms with van der Waals surface area (Å²) >= 11 is 6.99. The summed E-state index contributed by atoms with van der Waals surface area (Å²) in [5.74, 6) is -2.08. The van der Waals surface area contributed by atoms with E-state index in [0.29, 0.717) is 21.9 Å². The fourth-order valence-electron chi connectivity index (χ4n) is 2.46. The Morgan fingerprint density at radius 2 is 2.19 bits per heavy atom. The Hall–Kier alpha value is -2.20. The van der Waals surface area contributed by atoms with Crippen molar-refractivity contribution in [1.82, 2.24) is 9.97 Å². The van der Waals surface area contributed by atoms with E-state index in [1.165, 1.54) is 22.4 Å². The normalized spacial score (nSPS) is 18.0. The van der Waals surface area contributed by atoms with E-state index in [1.54, 1.807) is 12.1 Å². The van der Waals surface area contributed by atoms with Crippen molar-refractivity contribution in [2.24, 2.45) is 5.92 Å². The van der Waals surface area contributed by atoms with E-state index in [0.717, 1.165) is 12.8 Å². The molecule has 0 bridgehead atoms. The first-order valence-corrected chi connectivity index (χ1v) is 9.44. The maximum Gasteiger partial charge on any atom is 0.419 e. The second-order valence-electron chi connectivity index (χ2n) is 6.42. The fraction of sp³-hybridized carbons (Fsp3) is 0.438. The zero-order valence-electron chi connectivity index (χ0n) is 14.0. The lowest BCUT2D eigenvalue weighted by Gasteiger charge is -2.39. The van der Waals surface area contributed by atoms with E-state index in [4.69, 9.17) is 21.1 Å². The molecule has 27 heavy (non-hydrogen) atoms. The maximum absolute atomic E-state index is 13.2. The van der Waals surface area contributed by atoms with Gasteiger partial charge in [-0.25, -0.2) is 18.6 Å². The Morgan fingerprint density at radius 1 is 1.41 bits per heavy atom. The number of nitrogens with one attached hydrogen (secondary N) is 1. The van der Waals surface area contributed by atoms with Crippen molar-refractivity contribution in [2.75, 3.05) is 29.9 Å². The molecule has 0 atom stereocenters. The zero-order chi connectivity index (χ0) is 19.0. The molecular formula is C16H15ClF2N4O3S. The van der Waals surface area contributed by atoms with Gasteiger partial charge in [0.05, 0.1) is 35.2 Å². The molecule has 1 amide bonds. The molecule has 144 valence electrons. The highest BCUT2D eigenvalue weighted by Crippen LogP contribution is 2.37. The van der Waals surface area contributed by atoms with Gasteiger partial charge in [0.15, 0.2) is 5.82 Å². The Labute approximate surface area is 162 Å². The molecule has 1 saturated carbocycles. The van der Waals surface area contributed by atoms with Gasteiger partial charge in [0.2, 0.25) is 5.88 Å². The molecule has 0 aromatic carbocycles. The number of hydrogen-bond donors (Lipinski definition) is 1. The summed E-state index contributed by atoms with van der Waals surface area (Å²) in [7, 11) is 0. The average Bonchev–Trinajstić information content (AvgIpc) is 3.32. The smallest absolute Gasteiger partial charge is 0.419 e. The van der Waals surface area contributed by atoms with Gasteiger partial charge in [0.25, 0.3) is 11.8 Å². The van der Waals surface area contributed by atoms with Crippen LogP contribution in [-0.4, -0.2) is 41.7 Å². The van der Waals surface area contributed by atoms with Crippen LogP contribution in [0.1, 0.15) is 12.8 Å². The third-order valence-corrected chi connectivity index (χ3v) is 5.14. The van der Waals surface area contributed by atoms with Crippen molar-refractivity contribution >= 4 is 39.8 Å². The first kappa shape index (κ1) is 18.2. The number of ether oxygens (including phenoxy) is 2. The second kappa shape index (κ2) is 7.08. The number of rotatable bonds is 6. The molecule has 2 aromatic heterocycles. The van der Waals surface area contributed by atoms with Crippen LogP contribution in [0.5, 0.6) is 11.8 Å². The molecule has 3 heterocycles. The molecule has 0 spiro atoms. The summed E-state index contributed by atoms with van der Waals surface area (Å²) in [4.78, 5) is 21.6. The molecule has 1 aliphatic carbocycles. The molecule has 0 radical (unpaired) electrons. The van der Waals surface area contributed by atoms with Crippen LogP contribution in [0.2, 0.25) is 4.34 Å². The van der Waals surface area contributed by atoms with E-state index in [2.05, 4.69) is 15.3 Å². The van der Waals surface area contributed by atoms with Crippen LogP contribution in [-0.2, 0) is 0 Å². The molecule has 7 nitrogen and oxygen atoms in total. The van der Waals surface area contributed by atoms with Crippen molar-refractivity contribution in [1.29, 1.82) is 0 Å². The van der Waals surface area contributed by atoms with Crippen molar-refractivity contribution in [3.63, 3.8) is 0 Å². The van der Waals surface area contributed by atoms with Crippen molar-refractivity contribution in [3.05, 3.63) is 22.7 Å². The van der Waals surface area contributed by atoms with Crippen LogP contribution in [0.3, 0.4) is 0 Å². The SMILES string of the molecule is O=C(Nc1ccc(Cl)s1)Oc1cnc(N2CC(F)(F)C2)c(OCC2CC2)n1. The Morgan fingerprint density at radius 3 is 2.81 bits per heavy atom. The lowest BCUT2D eigenvalue weighted by Crippen LogP contribution is -2.56. The van der Waals surface area contributed by atoms with E-state index in [9.17, 15) is 13.6 Å². The van der Waals surface area contributed by atoms with E-state index < -0.39 is 25.1 Å². The van der Waals surface area contributed by atoms with Gasteiger partial charge in [-0.05, 0) is 30.9 Å². The van der Waals surface area contributed by atoms with Crippen LogP contribution >= 0.6 is 22.9 Å². The highest BCUT2D eigenvalue weighted by Gasteiger charge is 2.46. The lowest BCUT2D eigenvalue weighted by molar-refractivity contribution is -0.0270. The Kier molecular flexibility index (Phi) is 4.77. The summed E-state index contributed by atoms with van der Waals surface area (Å²) in [6.07, 6.45) is 2.56. The number of amides is 1. The number of halogens is 3. The van der Waals surface area contributed by atoms with E-state index in [-0.39, 0.29) is 17.6 Å². The number of carbonyl (C=O) groups is 1. The Balaban J connectivity index is 1.45. The Bertz CT molecular complexity index is 854. The number of carbonyl (C=O) groups excluding carboxylic acids is 1. The molecule has 11 heteroatoms. The molecule has 2 aromatic rings. The molecule has 4 rings (SSSR count). The van der Waals surface area contributed by atoms with Gasteiger partial charge < -0.3 is 14.4 Å². The monoisotopic (exact) mass is 416 g/mol. The van der Waals surface area contributed by atoms with Gasteiger partial charge in [0, 0.05) is 0 Å². The van der Waals surface area contributed by atoms with E-state index >= 15 is 0 Å². The number of aromatic nitrogens is 2. The van der Waals surface area contributed by atoms with Crippen molar-refractivity contribution in [3.8, 4) is 11.8 Å². The van der Waals surface area contributed by atoms with Crippen LogP contribution in [0.4, 0.5) is 24.4 Å². The molecule has 2 fully saturated rings. The first-order valence-electron chi connectivity index (χ1n) is 8.25. The zero-order valence-corrected chi connectivity index (χ0v) is 15.5. The summed E-state index contributed by atoms with van der Waals surface area (Å²) in [6, 6.07) is 3.28. The minimum Gasteiger partial charge on any atom is -0.475 e. The number of hydrogen-bond acceptors (Lipinski definition) is 7. The number of anilines is 2. The van der Waals surface area contributed by atoms with Crippen LogP contribution in [0.25, 0.3) is 0 Å². The second-order valence-corrected chi connectivity index (χ2v) is 8.14. The molecular weight excluding hydrogens is 402 g/mol. The third kappa shape index (κ3) is 4.56. The largest absolute Gasteiger partial charge is 0.475 e. The standard InChI is InChI=1S/C16H15ClF2N4O3S/c17-10-3-4-12(27-10)22-15(24)26-11-5-20-13(23-7-16(18,19)8-23)14(21-11)25-6-9-1-2-9/h3-5,9H,1-2,6-8H2,(H,22,24). The summed E-state index contributed by atoms with van der Waals surface area (Å²) < 4.78 is 37.6. The highest BCUT2D eigenvalue weighted by atomic mass is 35.5. The lowest BCUT2D eigenvalue weighted by atomic mass is 10.1. The topological polar surface area (TPSA) is 76.6 Å². The van der Waals surface area contributed by atoms with Crippen LogP contribution in [0.15, 0.2) is 18.3 Å². The van der Waals surface area contributed by atoms with Gasteiger partial charge in [-0.1, -0.05) is 11.6 Å². The minimum absolute atomic E-state index is 0.0851. The van der Waals surface area contributed by atoms with Gasteiger partial charge in [-0.3, -0.25) is 5.32 Å². The average molecular weight is 417 g/mol. The third-order valence-electron chi connectivity index (χ3n) is 3.99. The van der Waals surface area contributed by atoms with Crippen molar-refractivity contribution in [2.45, 2.75) is 18.8 Å². The summed E-state index contributed by atoms with van der Waals surface area (Å²) in [5, 5.41) is 3.03. The molecule has 2 aliphatic rings. The minimum atomic E-state index is -2.74. The van der Waals surface area contributed by atoms with Gasteiger partial charge in [-0.15, -0.1) is 11.3 Å². The molecule has 1 aliphatic heterocycles. The quantitative estimate of drug-likeness (QED) is 0.765. The van der Waals surface area contributed by atoms with Crippen molar-refractivity contribution < 1.29 is 23.0 Å². The van der Waals surface area contributed by atoms with Crippen LogP contribution < -0.4 is 19.7 Å². The molecule has 0 unspecified atom stereocenters. The van der Waals surface area contributed by atoms with Gasteiger partial charge in [-0.2, -0.15) is 4.98 Å². The predicted octanol–water partition coefficient (Wildman–Crippen LogP) is 4.05. The van der Waals surface area contributed by atoms with E-state index in [1.807, 2.05) is 0 Å². The summed E-state index contributed by atoms with van der Waals surface area (Å²) in [6.45, 7) is -0.460. The molecule has 1 saturated heterocycles.